The molecule has 88 valence electrons. The average Bonchev–Trinajstić information content (AvgIpc) is 2.27. The van der Waals surface area contributed by atoms with Crippen LogP contribution in [0, 0.1) is 0 Å². The Kier molecular flexibility index (Phi) is 3.33. The maximum atomic E-state index is 5.95. The van der Waals surface area contributed by atoms with Gasteiger partial charge in [0, 0.05) is 16.4 Å². The monoisotopic (exact) mass is 291 g/mol. The highest BCUT2D eigenvalue weighted by molar-refractivity contribution is 9.10. The van der Waals surface area contributed by atoms with Crippen LogP contribution in [0.2, 0.25) is 0 Å². The van der Waals surface area contributed by atoms with Gasteiger partial charge in [-0.1, -0.05) is 28.1 Å². The van der Waals surface area contributed by atoms with Gasteiger partial charge in [0.15, 0.2) is 0 Å². The van der Waals surface area contributed by atoms with Gasteiger partial charge in [0.1, 0.15) is 0 Å². The molecule has 0 amide bonds. The van der Waals surface area contributed by atoms with Gasteiger partial charge in [-0.2, -0.15) is 0 Å². The standard InChI is InChI=1S/C13H14BrN3/c1-8(2)6-17-13-10-5-9(14)3-4-12(10)16-7-11(13)15/h3-5,7H,1,6,15H2,2H3,(H,16,17). The molecule has 0 radical (unpaired) electrons. The van der Waals surface area contributed by atoms with E-state index < -0.39 is 0 Å². The third kappa shape index (κ3) is 2.58. The molecule has 0 aliphatic heterocycles. The Bertz CT molecular complexity index is 573. The van der Waals surface area contributed by atoms with Crippen LogP contribution in [0.4, 0.5) is 11.4 Å². The molecule has 0 fully saturated rings. The average molecular weight is 292 g/mol. The summed E-state index contributed by atoms with van der Waals surface area (Å²) in [5, 5.41) is 4.31. The fraction of sp³-hybridized carbons (Fsp3) is 0.154. The van der Waals surface area contributed by atoms with Crippen molar-refractivity contribution in [3.63, 3.8) is 0 Å². The zero-order valence-corrected chi connectivity index (χ0v) is 11.2. The number of nitrogens with zero attached hydrogens (tertiary/aromatic N) is 1. The number of nitrogen functional groups attached to an aromatic ring is 1. The zero-order valence-electron chi connectivity index (χ0n) is 9.63. The molecule has 0 spiro atoms. The van der Waals surface area contributed by atoms with E-state index >= 15 is 0 Å². The highest BCUT2D eigenvalue weighted by Gasteiger charge is 2.06. The van der Waals surface area contributed by atoms with Crippen molar-refractivity contribution in [2.24, 2.45) is 0 Å². The predicted octanol–water partition coefficient (Wildman–Crippen LogP) is 3.57. The summed E-state index contributed by atoms with van der Waals surface area (Å²) in [5.41, 5.74) is 9.50. The molecule has 3 N–H and O–H groups in total. The number of pyridine rings is 1. The molecule has 2 rings (SSSR count). The first kappa shape index (κ1) is 11.9. The molecule has 0 aliphatic rings. The van der Waals surface area contributed by atoms with Gasteiger partial charge >= 0.3 is 0 Å². The summed E-state index contributed by atoms with van der Waals surface area (Å²) in [4.78, 5) is 4.30. The van der Waals surface area contributed by atoms with Crippen LogP contribution < -0.4 is 11.1 Å². The number of benzene rings is 1. The van der Waals surface area contributed by atoms with E-state index in [0.29, 0.717) is 12.2 Å². The molecule has 1 heterocycles. The smallest absolute Gasteiger partial charge is 0.0743 e. The second-order valence-corrected chi connectivity index (χ2v) is 4.98. The van der Waals surface area contributed by atoms with Gasteiger partial charge in [-0.15, -0.1) is 0 Å². The van der Waals surface area contributed by atoms with E-state index in [1.807, 2.05) is 25.1 Å². The van der Waals surface area contributed by atoms with Gasteiger partial charge < -0.3 is 11.1 Å². The van der Waals surface area contributed by atoms with Gasteiger partial charge in [-0.25, -0.2) is 0 Å². The van der Waals surface area contributed by atoms with E-state index in [1.165, 1.54) is 0 Å². The van der Waals surface area contributed by atoms with Crippen LogP contribution in [-0.4, -0.2) is 11.5 Å². The second kappa shape index (κ2) is 4.75. The van der Waals surface area contributed by atoms with Crippen molar-refractivity contribution in [1.82, 2.24) is 4.98 Å². The van der Waals surface area contributed by atoms with E-state index in [0.717, 1.165) is 26.6 Å². The number of halogens is 1. The van der Waals surface area contributed by atoms with Crippen molar-refractivity contribution in [3.8, 4) is 0 Å². The molecule has 17 heavy (non-hydrogen) atoms. The summed E-state index contributed by atoms with van der Waals surface area (Å²) in [6, 6.07) is 5.94. The fourth-order valence-electron chi connectivity index (χ4n) is 1.62. The normalized spacial score (nSPS) is 10.5. The number of hydrogen-bond donors (Lipinski definition) is 2. The number of fused-ring (bicyclic) bond motifs is 1. The lowest BCUT2D eigenvalue weighted by atomic mass is 10.1. The first-order chi connectivity index (χ1) is 8.08. The molecule has 4 heteroatoms. The lowest BCUT2D eigenvalue weighted by molar-refractivity contribution is 1.22. The number of anilines is 2. The Morgan fingerprint density at radius 1 is 1.53 bits per heavy atom. The highest BCUT2D eigenvalue weighted by atomic mass is 79.9. The zero-order chi connectivity index (χ0) is 12.4. The van der Waals surface area contributed by atoms with Gasteiger partial charge in [-0.05, 0) is 25.1 Å². The summed E-state index contributed by atoms with van der Waals surface area (Å²) in [5.74, 6) is 0. The Hall–Kier alpha value is -1.55. The van der Waals surface area contributed by atoms with Crippen molar-refractivity contribution in [3.05, 3.63) is 41.0 Å². The summed E-state index contributed by atoms with van der Waals surface area (Å²) >= 11 is 3.46. The summed E-state index contributed by atoms with van der Waals surface area (Å²) in [7, 11) is 0. The van der Waals surface area contributed by atoms with Crippen LogP contribution in [0.1, 0.15) is 6.92 Å². The summed E-state index contributed by atoms with van der Waals surface area (Å²) in [6.45, 7) is 6.55. The molecule has 1 aromatic heterocycles. The lowest BCUT2D eigenvalue weighted by Crippen LogP contribution is -2.05. The van der Waals surface area contributed by atoms with Crippen LogP contribution in [0.5, 0.6) is 0 Å². The fourth-order valence-corrected chi connectivity index (χ4v) is 1.98. The van der Waals surface area contributed by atoms with Gasteiger partial charge in [0.25, 0.3) is 0 Å². The van der Waals surface area contributed by atoms with Crippen LogP contribution in [0.3, 0.4) is 0 Å². The minimum Gasteiger partial charge on any atom is -0.396 e. The third-order valence-electron chi connectivity index (χ3n) is 2.43. The molecule has 1 aromatic carbocycles. The van der Waals surface area contributed by atoms with Crippen LogP contribution >= 0.6 is 15.9 Å². The second-order valence-electron chi connectivity index (χ2n) is 4.06. The maximum absolute atomic E-state index is 5.95. The topological polar surface area (TPSA) is 50.9 Å². The van der Waals surface area contributed by atoms with E-state index in [2.05, 4.69) is 32.8 Å². The Balaban J connectivity index is 2.53. The molecule has 3 nitrogen and oxygen atoms in total. The number of hydrogen-bond acceptors (Lipinski definition) is 3. The largest absolute Gasteiger partial charge is 0.396 e. The highest BCUT2D eigenvalue weighted by Crippen LogP contribution is 2.30. The molecular formula is C13H14BrN3. The number of nitrogens with one attached hydrogen (secondary N) is 1. The van der Waals surface area contributed by atoms with E-state index in [1.54, 1.807) is 6.20 Å². The Morgan fingerprint density at radius 3 is 3.00 bits per heavy atom. The minimum atomic E-state index is 0.650. The predicted molar refractivity (Wildman–Crippen MR) is 77.2 cm³/mol. The van der Waals surface area contributed by atoms with Crippen LogP contribution in [-0.2, 0) is 0 Å². The first-order valence-electron chi connectivity index (χ1n) is 5.30. The lowest BCUT2D eigenvalue weighted by Gasteiger charge is -2.12. The minimum absolute atomic E-state index is 0.650. The molecule has 0 aliphatic carbocycles. The Labute approximate surface area is 109 Å². The van der Waals surface area contributed by atoms with Crippen molar-refractivity contribution >= 4 is 38.2 Å². The summed E-state index contributed by atoms with van der Waals surface area (Å²) < 4.78 is 1.01. The van der Waals surface area contributed by atoms with Gasteiger partial charge in [-0.3, -0.25) is 4.98 Å². The molecule has 0 unspecified atom stereocenters. The molecule has 0 saturated carbocycles. The van der Waals surface area contributed by atoms with E-state index in [-0.39, 0.29) is 0 Å². The van der Waals surface area contributed by atoms with E-state index in [9.17, 15) is 0 Å². The van der Waals surface area contributed by atoms with Crippen LogP contribution in [0.15, 0.2) is 41.0 Å². The van der Waals surface area contributed by atoms with Crippen molar-refractivity contribution in [1.29, 1.82) is 0 Å². The quantitative estimate of drug-likeness (QED) is 0.850. The van der Waals surface area contributed by atoms with Gasteiger partial charge in [0.2, 0.25) is 0 Å². The molecule has 0 saturated heterocycles. The first-order valence-corrected chi connectivity index (χ1v) is 6.09. The number of aromatic nitrogens is 1. The van der Waals surface area contributed by atoms with Crippen molar-refractivity contribution in [2.75, 3.05) is 17.6 Å². The number of rotatable bonds is 3. The van der Waals surface area contributed by atoms with Gasteiger partial charge in [0.05, 0.1) is 23.1 Å². The third-order valence-corrected chi connectivity index (χ3v) is 2.92. The summed E-state index contributed by atoms with van der Waals surface area (Å²) in [6.07, 6.45) is 1.68. The van der Waals surface area contributed by atoms with E-state index in [4.69, 9.17) is 5.73 Å². The molecular weight excluding hydrogens is 278 g/mol. The molecule has 2 aromatic rings. The molecule has 0 bridgehead atoms. The Morgan fingerprint density at radius 2 is 2.29 bits per heavy atom. The molecule has 0 atom stereocenters. The SMILES string of the molecule is C=C(C)CNc1c(N)cnc2ccc(Br)cc12. The van der Waals surface area contributed by atoms with Crippen molar-refractivity contribution < 1.29 is 0 Å². The maximum Gasteiger partial charge on any atom is 0.0743 e. The number of nitrogens with two attached hydrogens (primary N) is 1. The van der Waals surface area contributed by atoms with Crippen LogP contribution in [0.25, 0.3) is 10.9 Å². The van der Waals surface area contributed by atoms with Crippen molar-refractivity contribution in [2.45, 2.75) is 6.92 Å².